The van der Waals surface area contributed by atoms with E-state index in [1.807, 2.05) is 52.0 Å². The number of anilines is 3. The van der Waals surface area contributed by atoms with Crippen molar-refractivity contribution in [2.24, 2.45) is 0 Å². The van der Waals surface area contributed by atoms with Gasteiger partial charge in [0.15, 0.2) is 0 Å². The van der Waals surface area contributed by atoms with E-state index < -0.39 is 5.97 Å². The van der Waals surface area contributed by atoms with Gasteiger partial charge in [-0.05, 0) is 58.5 Å². The lowest BCUT2D eigenvalue weighted by atomic mass is 10.1. The Morgan fingerprint density at radius 2 is 1.84 bits per heavy atom. The quantitative estimate of drug-likeness (QED) is 0.191. The predicted octanol–water partition coefficient (Wildman–Crippen LogP) is 5.00. The SMILES string of the molecule is COC(=O)c1sc2cnc(N(C=O)c3cc(C)c(N4CCN(C)CC4)cc3OC(C)C)nc2c1-c1ccc(C)nc1OC. The number of likely N-dealkylation sites (N-methyl/N-ethyl adjacent to an activating group) is 1. The van der Waals surface area contributed by atoms with Gasteiger partial charge in [-0.1, -0.05) is 0 Å². The summed E-state index contributed by atoms with van der Waals surface area (Å²) < 4.78 is 17.6. The molecule has 1 aromatic carbocycles. The third-order valence-electron chi connectivity index (χ3n) is 7.32. The van der Waals surface area contributed by atoms with Crippen LogP contribution in [-0.2, 0) is 9.53 Å². The molecule has 226 valence electrons. The number of ether oxygens (including phenoxy) is 3. The average Bonchev–Trinajstić information content (AvgIpc) is 3.37. The van der Waals surface area contributed by atoms with E-state index in [0.717, 1.165) is 43.1 Å². The highest BCUT2D eigenvalue weighted by atomic mass is 32.1. The van der Waals surface area contributed by atoms with Crippen LogP contribution in [0.5, 0.6) is 11.6 Å². The van der Waals surface area contributed by atoms with Crippen molar-refractivity contribution in [1.29, 1.82) is 0 Å². The molecule has 12 heteroatoms. The summed E-state index contributed by atoms with van der Waals surface area (Å²) in [5.74, 6) is 0.519. The molecule has 0 atom stereocenters. The van der Waals surface area contributed by atoms with Gasteiger partial charge in [0.1, 0.15) is 10.6 Å². The summed E-state index contributed by atoms with van der Waals surface area (Å²) in [6.07, 6.45) is 2.16. The number of aromatic nitrogens is 3. The molecule has 0 radical (unpaired) electrons. The Bertz CT molecular complexity index is 1660. The minimum absolute atomic E-state index is 0.133. The normalized spacial score (nSPS) is 13.8. The van der Waals surface area contributed by atoms with Gasteiger partial charge in [-0.3, -0.25) is 4.79 Å². The monoisotopic (exact) mass is 604 g/mol. The Kier molecular flexibility index (Phi) is 8.79. The molecule has 0 spiro atoms. The summed E-state index contributed by atoms with van der Waals surface area (Å²) in [5.41, 5.74) is 4.92. The van der Waals surface area contributed by atoms with E-state index >= 15 is 0 Å². The average molecular weight is 605 g/mol. The van der Waals surface area contributed by atoms with Crippen LogP contribution < -0.4 is 19.3 Å². The lowest BCUT2D eigenvalue weighted by Crippen LogP contribution is -2.44. The zero-order chi connectivity index (χ0) is 30.8. The fourth-order valence-corrected chi connectivity index (χ4v) is 6.21. The summed E-state index contributed by atoms with van der Waals surface area (Å²) in [7, 11) is 4.98. The molecule has 11 nitrogen and oxygen atoms in total. The van der Waals surface area contributed by atoms with Gasteiger partial charge >= 0.3 is 5.97 Å². The van der Waals surface area contributed by atoms with Crippen LogP contribution in [-0.4, -0.2) is 85.8 Å². The molecule has 4 aromatic rings. The van der Waals surface area contributed by atoms with E-state index in [-0.39, 0.29) is 12.1 Å². The van der Waals surface area contributed by atoms with Gasteiger partial charge in [0.05, 0.1) is 42.4 Å². The summed E-state index contributed by atoms with van der Waals surface area (Å²) in [6, 6.07) is 7.61. The molecule has 1 saturated heterocycles. The highest BCUT2D eigenvalue weighted by molar-refractivity contribution is 7.21. The van der Waals surface area contributed by atoms with Crippen molar-refractivity contribution in [3.8, 4) is 22.8 Å². The Labute approximate surface area is 255 Å². The molecule has 5 rings (SSSR count). The van der Waals surface area contributed by atoms with E-state index in [9.17, 15) is 9.59 Å². The molecule has 0 bridgehead atoms. The van der Waals surface area contributed by atoms with Crippen LogP contribution in [0.3, 0.4) is 0 Å². The number of methoxy groups -OCH3 is 2. The first-order valence-electron chi connectivity index (χ1n) is 14.0. The number of hydrogen-bond donors (Lipinski definition) is 0. The Hall–Kier alpha value is -4.29. The largest absolute Gasteiger partial charge is 0.489 e. The van der Waals surface area contributed by atoms with Crippen LogP contribution in [0, 0.1) is 13.8 Å². The Morgan fingerprint density at radius 3 is 2.49 bits per heavy atom. The van der Waals surface area contributed by atoms with Crippen LogP contribution >= 0.6 is 11.3 Å². The number of amides is 1. The van der Waals surface area contributed by atoms with E-state index in [1.54, 1.807) is 6.20 Å². The van der Waals surface area contributed by atoms with Gasteiger partial charge in [0.25, 0.3) is 0 Å². The van der Waals surface area contributed by atoms with Gasteiger partial charge in [0, 0.05) is 54.8 Å². The zero-order valence-corrected chi connectivity index (χ0v) is 26.3. The van der Waals surface area contributed by atoms with E-state index in [2.05, 4.69) is 26.8 Å². The molecule has 1 amide bonds. The second-order valence-electron chi connectivity index (χ2n) is 10.7. The van der Waals surface area contributed by atoms with Gasteiger partial charge < -0.3 is 24.0 Å². The maximum Gasteiger partial charge on any atom is 0.348 e. The Morgan fingerprint density at radius 1 is 1.09 bits per heavy atom. The van der Waals surface area contributed by atoms with Gasteiger partial charge in [-0.2, -0.15) is 0 Å². The number of hydrogen-bond acceptors (Lipinski definition) is 11. The zero-order valence-electron chi connectivity index (χ0n) is 25.5. The van der Waals surface area contributed by atoms with Crippen molar-refractivity contribution in [1.82, 2.24) is 19.9 Å². The minimum Gasteiger partial charge on any atom is -0.489 e. The van der Waals surface area contributed by atoms with Crippen molar-refractivity contribution >= 4 is 51.3 Å². The third kappa shape index (κ3) is 5.98. The number of rotatable bonds is 9. The van der Waals surface area contributed by atoms with Crippen molar-refractivity contribution in [2.45, 2.75) is 33.8 Å². The Balaban J connectivity index is 1.66. The summed E-state index contributed by atoms with van der Waals surface area (Å²) in [4.78, 5) is 45.9. The van der Waals surface area contributed by atoms with Gasteiger partial charge in [-0.15, -0.1) is 11.3 Å². The first-order chi connectivity index (χ1) is 20.6. The lowest BCUT2D eigenvalue weighted by molar-refractivity contribution is -0.106. The van der Waals surface area contributed by atoms with Crippen LogP contribution in [0.4, 0.5) is 17.3 Å². The second-order valence-corrected chi connectivity index (χ2v) is 11.8. The number of carbonyl (C=O) groups is 2. The molecule has 0 saturated carbocycles. The molecule has 0 aliphatic carbocycles. The first kappa shape index (κ1) is 30.2. The van der Waals surface area contributed by atoms with Gasteiger partial charge in [-0.25, -0.2) is 24.6 Å². The number of aryl methyl sites for hydroxylation is 2. The minimum atomic E-state index is -0.517. The number of fused-ring (bicyclic) bond motifs is 1. The second kappa shape index (κ2) is 12.5. The number of nitrogens with zero attached hydrogens (tertiary/aromatic N) is 6. The highest BCUT2D eigenvalue weighted by Gasteiger charge is 2.28. The number of thiophene rings is 1. The molecule has 0 unspecified atom stereocenters. The molecule has 3 aromatic heterocycles. The molecule has 43 heavy (non-hydrogen) atoms. The molecule has 1 aliphatic rings. The molecule has 0 N–H and O–H groups in total. The van der Waals surface area contributed by atoms with Crippen LogP contribution in [0.1, 0.15) is 34.8 Å². The van der Waals surface area contributed by atoms with E-state index in [4.69, 9.17) is 19.2 Å². The summed E-state index contributed by atoms with van der Waals surface area (Å²) >= 11 is 1.21. The fraction of sp³-hybridized carbons (Fsp3) is 0.387. The predicted molar refractivity (Wildman–Crippen MR) is 168 cm³/mol. The van der Waals surface area contributed by atoms with Crippen molar-refractivity contribution in [3.63, 3.8) is 0 Å². The number of esters is 1. The molecule has 1 fully saturated rings. The lowest BCUT2D eigenvalue weighted by Gasteiger charge is -2.35. The molecule has 1 aliphatic heterocycles. The molecular formula is C31H36N6O5S. The van der Waals surface area contributed by atoms with Crippen molar-refractivity contribution in [2.75, 3.05) is 57.2 Å². The van der Waals surface area contributed by atoms with E-state index in [0.29, 0.717) is 49.9 Å². The topological polar surface area (TPSA) is 110 Å². The van der Waals surface area contributed by atoms with E-state index in [1.165, 1.54) is 30.5 Å². The standard InChI is InChI=1S/C31H36N6O5S/c1-18(2)42-24-15-22(36-12-10-35(5)11-13-36)19(3)14-23(24)37(17-38)31-32-16-25-27(34-31)26(28(43-25)30(39)41-7)21-9-8-20(4)33-29(21)40-6/h8-9,14-18H,10-13H2,1-7H3. The number of carbonyl (C=O) groups excluding carboxylic acids is 2. The number of benzene rings is 1. The highest BCUT2D eigenvalue weighted by Crippen LogP contribution is 2.43. The number of pyridine rings is 1. The summed E-state index contributed by atoms with van der Waals surface area (Å²) in [6.45, 7) is 11.5. The maximum absolute atomic E-state index is 12.9. The molecule has 4 heterocycles. The first-order valence-corrected chi connectivity index (χ1v) is 14.9. The van der Waals surface area contributed by atoms with Crippen molar-refractivity contribution < 1.29 is 23.8 Å². The smallest absolute Gasteiger partial charge is 0.348 e. The van der Waals surface area contributed by atoms with Crippen LogP contribution in [0.2, 0.25) is 0 Å². The maximum atomic E-state index is 12.9. The van der Waals surface area contributed by atoms with Crippen LogP contribution in [0.15, 0.2) is 30.5 Å². The summed E-state index contributed by atoms with van der Waals surface area (Å²) in [5, 5.41) is 0. The fourth-order valence-electron chi connectivity index (χ4n) is 5.16. The molecular weight excluding hydrogens is 568 g/mol. The van der Waals surface area contributed by atoms with Crippen molar-refractivity contribution in [3.05, 3.63) is 46.6 Å². The van der Waals surface area contributed by atoms with Crippen LogP contribution in [0.25, 0.3) is 21.3 Å². The third-order valence-corrected chi connectivity index (χ3v) is 8.41. The van der Waals surface area contributed by atoms with Gasteiger partial charge in [0.2, 0.25) is 18.2 Å². The number of piperazine rings is 1.